The number of hydrogen-bond donors (Lipinski definition) is 2. The number of carbonyl (C=O) groups is 3. The summed E-state index contributed by atoms with van der Waals surface area (Å²) in [5, 5.41) is 2.62. The molecule has 0 unspecified atom stereocenters. The molecule has 0 aromatic heterocycles. The number of benzene rings is 2. The predicted molar refractivity (Wildman–Crippen MR) is 96.1 cm³/mol. The second-order valence-corrected chi connectivity index (χ2v) is 6.08. The van der Waals surface area contributed by atoms with Crippen LogP contribution in [-0.2, 0) is 19.1 Å². The summed E-state index contributed by atoms with van der Waals surface area (Å²) in [5.41, 5.74) is 9.07. The molecular weight excluding hydrogens is 332 g/mol. The van der Waals surface area contributed by atoms with Gasteiger partial charge in [-0.25, -0.2) is 0 Å². The van der Waals surface area contributed by atoms with Crippen molar-refractivity contribution >= 4 is 17.8 Å². The fourth-order valence-electron chi connectivity index (χ4n) is 3.30. The summed E-state index contributed by atoms with van der Waals surface area (Å²) in [5.74, 6) is -2.27. The van der Waals surface area contributed by atoms with Gasteiger partial charge in [0.15, 0.2) is 0 Å². The average molecular weight is 352 g/mol. The van der Waals surface area contributed by atoms with Gasteiger partial charge >= 0.3 is 5.97 Å². The summed E-state index contributed by atoms with van der Waals surface area (Å²) in [6, 6.07) is 14.2. The van der Waals surface area contributed by atoms with Crippen LogP contribution in [0.25, 0.3) is 11.1 Å². The maximum atomic E-state index is 13.0. The number of amides is 2. The molecule has 0 heterocycles. The van der Waals surface area contributed by atoms with Gasteiger partial charge in [-0.2, -0.15) is 0 Å². The molecule has 3 N–H and O–H groups in total. The molecule has 0 fully saturated rings. The molecule has 0 radical (unpaired) electrons. The highest BCUT2D eigenvalue weighted by atomic mass is 16.5. The van der Waals surface area contributed by atoms with Crippen molar-refractivity contribution in [2.45, 2.75) is 25.3 Å². The minimum Gasteiger partial charge on any atom is -0.466 e. The van der Waals surface area contributed by atoms with E-state index in [-0.39, 0.29) is 18.9 Å². The molecule has 6 heteroatoms. The summed E-state index contributed by atoms with van der Waals surface area (Å²) in [7, 11) is 0. The maximum Gasteiger partial charge on any atom is 0.308 e. The quantitative estimate of drug-likeness (QED) is 0.774. The predicted octanol–water partition coefficient (Wildman–Crippen LogP) is 1.72. The van der Waals surface area contributed by atoms with Crippen LogP contribution in [0, 0.1) is 0 Å². The van der Waals surface area contributed by atoms with Gasteiger partial charge in [-0.3, -0.25) is 14.4 Å². The largest absolute Gasteiger partial charge is 0.466 e. The summed E-state index contributed by atoms with van der Waals surface area (Å²) < 4.78 is 4.84. The van der Waals surface area contributed by atoms with Crippen LogP contribution in [0.1, 0.15) is 30.4 Å². The van der Waals surface area contributed by atoms with Crippen molar-refractivity contribution in [3.05, 3.63) is 59.7 Å². The van der Waals surface area contributed by atoms with E-state index in [9.17, 15) is 14.4 Å². The zero-order valence-electron chi connectivity index (χ0n) is 14.4. The number of primary amides is 1. The zero-order chi connectivity index (χ0) is 18.7. The van der Waals surface area contributed by atoms with Crippen LogP contribution in [0.4, 0.5) is 0 Å². The van der Waals surface area contributed by atoms with Crippen LogP contribution < -0.4 is 11.1 Å². The number of nitrogens with one attached hydrogen (secondary N) is 1. The Bertz CT molecular complexity index is 817. The van der Waals surface area contributed by atoms with Crippen molar-refractivity contribution in [2.24, 2.45) is 5.73 Å². The standard InChI is InChI=1S/C20H20N2O4/c1-2-26-17(23)11-16(19(21)24)22-20(25)18-14-9-5-3-7-12(14)13-8-4-6-10-15(13)18/h3-10,16,18H,2,11H2,1H3,(H2,21,24)(H,22,25)/t16-/m0/s1. The highest BCUT2D eigenvalue weighted by Crippen LogP contribution is 2.44. The molecule has 26 heavy (non-hydrogen) atoms. The fraction of sp³-hybridized carbons (Fsp3) is 0.250. The van der Waals surface area contributed by atoms with Crippen LogP contribution in [0.5, 0.6) is 0 Å². The first-order chi connectivity index (χ1) is 12.5. The van der Waals surface area contributed by atoms with Gasteiger partial charge in [-0.05, 0) is 29.2 Å². The molecular formula is C20H20N2O4. The molecule has 6 nitrogen and oxygen atoms in total. The zero-order valence-corrected chi connectivity index (χ0v) is 14.4. The number of carbonyl (C=O) groups excluding carboxylic acids is 3. The first-order valence-corrected chi connectivity index (χ1v) is 8.46. The second kappa shape index (κ2) is 7.39. The van der Waals surface area contributed by atoms with Gasteiger partial charge in [-0.1, -0.05) is 48.5 Å². The third kappa shape index (κ3) is 3.31. The van der Waals surface area contributed by atoms with E-state index in [0.29, 0.717) is 0 Å². The van der Waals surface area contributed by atoms with Gasteiger partial charge in [-0.15, -0.1) is 0 Å². The van der Waals surface area contributed by atoms with Crippen molar-refractivity contribution in [2.75, 3.05) is 6.61 Å². The van der Waals surface area contributed by atoms with E-state index in [1.807, 2.05) is 48.5 Å². The van der Waals surface area contributed by atoms with Crippen molar-refractivity contribution in [1.29, 1.82) is 0 Å². The Labute approximate surface area is 151 Å². The van der Waals surface area contributed by atoms with Gasteiger partial charge < -0.3 is 15.8 Å². The number of ether oxygens (including phenoxy) is 1. The Kier molecular flexibility index (Phi) is 5.02. The van der Waals surface area contributed by atoms with E-state index < -0.39 is 23.8 Å². The third-order valence-electron chi connectivity index (χ3n) is 4.43. The summed E-state index contributed by atoms with van der Waals surface area (Å²) >= 11 is 0. The lowest BCUT2D eigenvalue weighted by Gasteiger charge is -2.19. The van der Waals surface area contributed by atoms with E-state index in [0.717, 1.165) is 22.3 Å². The smallest absolute Gasteiger partial charge is 0.308 e. The molecule has 2 aromatic rings. The minimum absolute atomic E-state index is 0.196. The Balaban J connectivity index is 1.87. The molecule has 1 atom stereocenters. The van der Waals surface area contributed by atoms with Gasteiger partial charge in [0.25, 0.3) is 0 Å². The molecule has 2 amide bonds. The summed E-state index contributed by atoms with van der Waals surface area (Å²) in [4.78, 5) is 36.3. The van der Waals surface area contributed by atoms with Crippen molar-refractivity contribution in [3.63, 3.8) is 0 Å². The highest BCUT2D eigenvalue weighted by Gasteiger charge is 2.35. The topological polar surface area (TPSA) is 98.5 Å². The Morgan fingerprint density at radius 2 is 1.58 bits per heavy atom. The summed E-state index contributed by atoms with van der Waals surface area (Å²) in [6.07, 6.45) is -0.287. The van der Waals surface area contributed by atoms with Gasteiger partial charge in [0.05, 0.1) is 18.9 Å². The Morgan fingerprint density at radius 1 is 1.04 bits per heavy atom. The number of hydrogen-bond acceptors (Lipinski definition) is 4. The monoisotopic (exact) mass is 352 g/mol. The van der Waals surface area contributed by atoms with Crippen LogP contribution in [0.15, 0.2) is 48.5 Å². The van der Waals surface area contributed by atoms with Crippen LogP contribution >= 0.6 is 0 Å². The lowest BCUT2D eigenvalue weighted by atomic mass is 9.95. The molecule has 3 rings (SSSR count). The van der Waals surface area contributed by atoms with E-state index in [1.54, 1.807) is 6.92 Å². The number of esters is 1. The molecule has 1 aliphatic carbocycles. The fourth-order valence-corrected chi connectivity index (χ4v) is 3.30. The van der Waals surface area contributed by atoms with E-state index >= 15 is 0 Å². The normalized spacial score (nSPS) is 13.4. The SMILES string of the molecule is CCOC(=O)C[C@H](NC(=O)C1c2ccccc2-c2ccccc21)C(N)=O. The van der Waals surface area contributed by atoms with Crippen molar-refractivity contribution < 1.29 is 19.1 Å². The first kappa shape index (κ1) is 17.7. The lowest BCUT2D eigenvalue weighted by Crippen LogP contribution is -2.47. The lowest BCUT2D eigenvalue weighted by molar-refractivity contribution is -0.145. The number of nitrogens with two attached hydrogens (primary N) is 1. The molecule has 1 aliphatic rings. The Morgan fingerprint density at radius 3 is 2.08 bits per heavy atom. The maximum absolute atomic E-state index is 13.0. The number of fused-ring (bicyclic) bond motifs is 3. The van der Waals surface area contributed by atoms with Gasteiger partial charge in [0.1, 0.15) is 6.04 Å². The van der Waals surface area contributed by atoms with Crippen LogP contribution in [0.2, 0.25) is 0 Å². The molecule has 0 saturated heterocycles. The summed E-state index contributed by atoms with van der Waals surface area (Å²) in [6.45, 7) is 1.86. The van der Waals surface area contributed by atoms with Crippen LogP contribution in [-0.4, -0.2) is 30.4 Å². The molecule has 134 valence electrons. The van der Waals surface area contributed by atoms with E-state index in [4.69, 9.17) is 10.5 Å². The van der Waals surface area contributed by atoms with Crippen LogP contribution in [0.3, 0.4) is 0 Å². The first-order valence-electron chi connectivity index (χ1n) is 8.46. The highest BCUT2D eigenvalue weighted by molar-refractivity contribution is 5.98. The van der Waals surface area contributed by atoms with E-state index in [2.05, 4.69) is 5.32 Å². The van der Waals surface area contributed by atoms with Crippen molar-refractivity contribution in [3.8, 4) is 11.1 Å². The Hall–Kier alpha value is -3.15. The molecule has 0 aliphatic heterocycles. The average Bonchev–Trinajstić information content (AvgIpc) is 2.96. The third-order valence-corrected chi connectivity index (χ3v) is 4.43. The van der Waals surface area contributed by atoms with E-state index in [1.165, 1.54) is 0 Å². The number of rotatable bonds is 6. The molecule has 2 aromatic carbocycles. The van der Waals surface area contributed by atoms with Crippen molar-refractivity contribution in [1.82, 2.24) is 5.32 Å². The van der Waals surface area contributed by atoms with Gasteiger partial charge in [0, 0.05) is 0 Å². The molecule has 0 bridgehead atoms. The van der Waals surface area contributed by atoms with Gasteiger partial charge in [0.2, 0.25) is 11.8 Å². The minimum atomic E-state index is -1.11. The molecule has 0 saturated carbocycles. The molecule has 0 spiro atoms. The second-order valence-electron chi connectivity index (χ2n) is 6.08.